The Bertz CT molecular complexity index is 1410. The first-order valence-corrected chi connectivity index (χ1v) is 11.2. The van der Waals surface area contributed by atoms with Gasteiger partial charge in [0.1, 0.15) is 12.4 Å². The summed E-state index contributed by atoms with van der Waals surface area (Å²) >= 11 is 0. The number of ether oxygens (including phenoxy) is 1. The number of rotatable bonds is 6. The third kappa shape index (κ3) is 3.75. The van der Waals surface area contributed by atoms with Gasteiger partial charge >= 0.3 is 5.69 Å². The van der Waals surface area contributed by atoms with Crippen LogP contribution in [0, 0.1) is 20.8 Å². The summed E-state index contributed by atoms with van der Waals surface area (Å²) < 4.78 is 10.8. The fourth-order valence-electron chi connectivity index (χ4n) is 4.29. The summed E-state index contributed by atoms with van der Waals surface area (Å²) in [5.41, 5.74) is 8.12. The first-order valence-electron chi connectivity index (χ1n) is 11.2. The van der Waals surface area contributed by atoms with Crippen molar-refractivity contribution in [1.82, 2.24) is 29.6 Å². The van der Waals surface area contributed by atoms with E-state index in [1.807, 2.05) is 36.9 Å². The van der Waals surface area contributed by atoms with E-state index in [1.54, 1.807) is 7.05 Å². The van der Waals surface area contributed by atoms with Gasteiger partial charge in [0.25, 0.3) is 0 Å². The number of hydrogen-bond donors (Lipinski definition) is 0. The molecule has 0 bridgehead atoms. The molecule has 1 aliphatic carbocycles. The van der Waals surface area contributed by atoms with Gasteiger partial charge in [-0.3, -0.25) is 4.68 Å². The van der Waals surface area contributed by atoms with E-state index in [0.29, 0.717) is 12.5 Å². The molecule has 5 rings (SSSR count). The Morgan fingerprint density at radius 2 is 1.82 bits per heavy atom. The van der Waals surface area contributed by atoms with Gasteiger partial charge in [-0.1, -0.05) is 12.1 Å². The molecule has 0 saturated heterocycles. The maximum absolute atomic E-state index is 12.5. The number of aromatic nitrogens is 6. The van der Waals surface area contributed by atoms with E-state index in [9.17, 15) is 4.79 Å². The minimum atomic E-state index is -0.272. The molecule has 2 aromatic carbocycles. The van der Waals surface area contributed by atoms with Crippen molar-refractivity contribution in [3.63, 3.8) is 0 Å². The summed E-state index contributed by atoms with van der Waals surface area (Å²) in [4.78, 5) is 12.5. The Hall–Kier alpha value is -3.68. The highest BCUT2D eigenvalue weighted by Crippen LogP contribution is 2.43. The SMILES string of the molecule is Cc1cc(-c2nn(C)c(C)c2C)ccc1OCc1c(C2CC2)cccc1-n1nnn(C)c1=O. The first-order chi connectivity index (χ1) is 15.8. The van der Waals surface area contributed by atoms with Crippen LogP contribution in [0.25, 0.3) is 16.9 Å². The standard InChI is InChI=1S/C25H28N6O2/c1-15-13-19(24-16(2)17(3)29(4)26-24)11-12-23(15)33-14-21-20(18-9-10-18)7-6-8-22(21)31-25(32)30(5)27-28-31/h6-8,11-13,18H,9-10,14H2,1-5H3. The van der Waals surface area contributed by atoms with E-state index in [4.69, 9.17) is 4.74 Å². The van der Waals surface area contributed by atoms with Crippen LogP contribution in [0.1, 0.15) is 46.7 Å². The minimum Gasteiger partial charge on any atom is -0.489 e. The summed E-state index contributed by atoms with van der Waals surface area (Å²) in [5, 5.41) is 12.6. The van der Waals surface area contributed by atoms with Crippen LogP contribution in [-0.4, -0.2) is 29.6 Å². The maximum Gasteiger partial charge on any atom is 0.368 e. The molecule has 1 saturated carbocycles. The Kier molecular flexibility index (Phi) is 5.15. The second-order valence-corrected chi connectivity index (χ2v) is 8.87. The zero-order valence-corrected chi connectivity index (χ0v) is 19.7. The van der Waals surface area contributed by atoms with E-state index in [0.717, 1.165) is 52.4 Å². The van der Waals surface area contributed by atoms with Crippen LogP contribution in [0.2, 0.25) is 0 Å². The summed E-state index contributed by atoms with van der Waals surface area (Å²) in [7, 11) is 3.57. The fourth-order valence-corrected chi connectivity index (χ4v) is 4.29. The smallest absolute Gasteiger partial charge is 0.368 e. The molecule has 2 aromatic heterocycles. The molecular formula is C25H28N6O2. The second-order valence-electron chi connectivity index (χ2n) is 8.87. The van der Waals surface area contributed by atoms with Gasteiger partial charge in [-0.05, 0) is 90.9 Å². The van der Waals surface area contributed by atoms with Crippen molar-refractivity contribution in [2.24, 2.45) is 14.1 Å². The molecule has 1 fully saturated rings. The summed E-state index contributed by atoms with van der Waals surface area (Å²) in [6.45, 7) is 6.58. The molecule has 0 N–H and O–H groups in total. The molecule has 0 unspecified atom stereocenters. The average Bonchev–Trinajstić information content (AvgIpc) is 3.56. The van der Waals surface area contributed by atoms with E-state index in [-0.39, 0.29) is 5.69 Å². The topological polar surface area (TPSA) is 79.8 Å². The maximum atomic E-state index is 12.5. The van der Waals surface area contributed by atoms with Crippen molar-refractivity contribution in [2.45, 2.75) is 46.1 Å². The Labute approximate surface area is 192 Å². The molecule has 0 amide bonds. The van der Waals surface area contributed by atoms with Gasteiger partial charge in [-0.2, -0.15) is 14.5 Å². The van der Waals surface area contributed by atoms with Crippen LogP contribution in [0.3, 0.4) is 0 Å². The normalized spacial score (nSPS) is 13.5. The van der Waals surface area contributed by atoms with E-state index >= 15 is 0 Å². The number of nitrogens with zero attached hydrogens (tertiary/aromatic N) is 6. The Morgan fingerprint density at radius 3 is 2.42 bits per heavy atom. The van der Waals surface area contributed by atoms with E-state index in [2.05, 4.69) is 47.6 Å². The van der Waals surface area contributed by atoms with E-state index in [1.165, 1.54) is 20.5 Å². The van der Waals surface area contributed by atoms with Gasteiger partial charge in [0.15, 0.2) is 0 Å². The van der Waals surface area contributed by atoms with Crippen LogP contribution < -0.4 is 10.4 Å². The van der Waals surface area contributed by atoms with Gasteiger partial charge in [0.05, 0.1) is 11.4 Å². The lowest BCUT2D eigenvalue weighted by Crippen LogP contribution is -2.23. The van der Waals surface area contributed by atoms with Crippen molar-refractivity contribution in [1.29, 1.82) is 0 Å². The van der Waals surface area contributed by atoms with Crippen LogP contribution in [0.5, 0.6) is 5.75 Å². The molecule has 0 radical (unpaired) electrons. The first kappa shape index (κ1) is 21.2. The Morgan fingerprint density at radius 1 is 1.03 bits per heavy atom. The summed E-state index contributed by atoms with van der Waals surface area (Å²) in [5.74, 6) is 1.32. The summed E-state index contributed by atoms with van der Waals surface area (Å²) in [6.07, 6.45) is 2.31. The van der Waals surface area contributed by atoms with Gasteiger partial charge in [-0.15, -0.1) is 0 Å². The number of tetrazole rings is 1. The lowest BCUT2D eigenvalue weighted by atomic mass is 10.0. The van der Waals surface area contributed by atoms with Crippen molar-refractivity contribution >= 4 is 0 Å². The van der Waals surface area contributed by atoms with Gasteiger partial charge < -0.3 is 4.74 Å². The third-order valence-electron chi connectivity index (χ3n) is 6.61. The predicted molar refractivity (Wildman–Crippen MR) is 126 cm³/mol. The molecule has 2 heterocycles. The second kappa shape index (κ2) is 8.03. The van der Waals surface area contributed by atoms with Gasteiger partial charge in [0, 0.05) is 30.9 Å². The van der Waals surface area contributed by atoms with Crippen LogP contribution >= 0.6 is 0 Å². The average molecular weight is 445 g/mol. The van der Waals surface area contributed by atoms with Crippen molar-refractivity contribution in [3.8, 4) is 22.7 Å². The molecule has 1 aliphatic rings. The molecular weight excluding hydrogens is 416 g/mol. The third-order valence-corrected chi connectivity index (χ3v) is 6.61. The highest BCUT2D eigenvalue weighted by atomic mass is 16.5. The molecule has 8 heteroatoms. The van der Waals surface area contributed by atoms with Crippen molar-refractivity contribution in [2.75, 3.05) is 0 Å². The molecule has 33 heavy (non-hydrogen) atoms. The molecule has 170 valence electrons. The highest BCUT2D eigenvalue weighted by Gasteiger charge is 2.28. The largest absolute Gasteiger partial charge is 0.489 e. The van der Waals surface area contributed by atoms with Crippen LogP contribution in [0.4, 0.5) is 0 Å². The molecule has 8 nitrogen and oxygen atoms in total. The lowest BCUT2D eigenvalue weighted by molar-refractivity contribution is 0.302. The van der Waals surface area contributed by atoms with E-state index < -0.39 is 0 Å². The Balaban J connectivity index is 1.47. The van der Waals surface area contributed by atoms with Gasteiger partial charge in [0.2, 0.25) is 0 Å². The quantitative estimate of drug-likeness (QED) is 0.453. The fraction of sp³-hybridized carbons (Fsp3) is 0.360. The van der Waals surface area contributed by atoms with Crippen molar-refractivity contribution in [3.05, 3.63) is 74.8 Å². The number of aryl methyl sites for hydroxylation is 3. The lowest BCUT2D eigenvalue weighted by Gasteiger charge is -2.16. The minimum absolute atomic E-state index is 0.272. The number of hydrogen-bond acceptors (Lipinski definition) is 5. The van der Waals surface area contributed by atoms with Gasteiger partial charge in [-0.25, -0.2) is 4.79 Å². The van der Waals surface area contributed by atoms with Crippen molar-refractivity contribution < 1.29 is 4.74 Å². The van der Waals surface area contributed by atoms with Crippen LogP contribution in [-0.2, 0) is 20.7 Å². The van der Waals surface area contributed by atoms with Crippen LogP contribution in [0.15, 0.2) is 41.2 Å². The molecule has 0 aliphatic heterocycles. The molecule has 4 aromatic rings. The zero-order chi connectivity index (χ0) is 23.3. The predicted octanol–water partition coefficient (Wildman–Crippen LogP) is 3.75. The monoisotopic (exact) mass is 444 g/mol. The molecule has 0 atom stereocenters. The number of benzene rings is 2. The summed E-state index contributed by atoms with van der Waals surface area (Å²) in [6, 6.07) is 12.2. The highest BCUT2D eigenvalue weighted by molar-refractivity contribution is 5.66. The molecule has 0 spiro atoms. The zero-order valence-electron chi connectivity index (χ0n) is 19.7.